The Morgan fingerprint density at radius 2 is 2.53 bits per heavy atom. The molecule has 0 radical (unpaired) electrons. The van der Waals surface area contributed by atoms with E-state index in [0.29, 0.717) is 5.89 Å². The van der Waals surface area contributed by atoms with Crippen molar-refractivity contribution in [1.29, 1.82) is 0 Å². The Bertz CT molecular complexity index is 499. The molecule has 1 amide bonds. The third-order valence-corrected chi connectivity index (χ3v) is 1.80. The SMILES string of the molecule is O=C(NCc1n[nH]c(=S)o1)c1ccco1. The van der Waals surface area contributed by atoms with Gasteiger partial charge in [-0.25, -0.2) is 5.10 Å². The van der Waals surface area contributed by atoms with Gasteiger partial charge in [-0.15, -0.1) is 5.10 Å². The van der Waals surface area contributed by atoms with Crippen molar-refractivity contribution in [2.45, 2.75) is 6.54 Å². The number of aromatic amines is 1. The van der Waals surface area contributed by atoms with Crippen molar-refractivity contribution >= 4 is 18.1 Å². The van der Waals surface area contributed by atoms with Crippen molar-refractivity contribution < 1.29 is 13.6 Å². The second-order valence-corrected chi connectivity index (χ2v) is 3.04. The molecule has 0 spiro atoms. The highest BCUT2D eigenvalue weighted by molar-refractivity contribution is 7.71. The summed E-state index contributed by atoms with van der Waals surface area (Å²) in [6.45, 7) is 0.159. The predicted octanol–water partition coefficient (Wildman–Crippen LogP) is 1.26. The van der Waals surface area contributed by atoms with E-state index in [4.69, 9.17) is 8.83 Å². The highest BCUT2D eigenvalue weighted by Gasteiger charge is 2.08. The summed E-state index contributed by atoms with van der Waals surface area (Å²) >= 11 is 4.68. The molecule has 2 N–H and O–H groups in total. The number of furan rings is 1. The Labute approximate surface area is 89.3 Å². The van der Waals surface area contributed by atoms with E-state index in [1.807, 2.05) is 0 Å². The summed E-state index contributed by atoms with van der Waals surface area (Å²) in [5.41, 5.74) is 0. The Balaban J connectivity index is 1.94. The van der Waals surface area contributed by atoms with Gasteiger partial charge < -0.3 is 14.2 Å². The van der Waals surface area contributed by atoms with E-state index in [1.165, 1.54) is 6.26 Å². The Morgan fingerprint density at radius 1 is 1.67 bits per heavy atom. The van der Waals surface area contributed by atoms with Gasteiger partial charge in [0.1, 0.15) is 0 Å². The van der Waals surface area contributed by atoms with Gasteiger partial charge in [0.2, 0.25) is 5.89 Å². The van der Waals surface area contributed by atoms with Crippen LogP contribution in [-0.2, 0) is 6.54 Å². The molecule has 2 heterocycles. The Morgan fingerprint density at radius 3 is 3.13 bits per heavy atom. The number of carbonyl (C=O) groups excluding carboxylic acids is 1. The van der Waals surface area contributed by atoms with E-state index in [0.717, 1.165) is 0 Å². The fraction of sp³-hybridized carbons (Fsp3) is 0.125. The lowest BCUT2D eigenvalue weighted by molar-refractivity contribution is 0.0919. The zero-order valence-electron chi connectivity index (χ0n) is 7.52. The molecule has 0 saturated carbocycles. The van der Waals surface area contributed by atoms with Gasteiger partial charge in [0, 0.05) is 0 Å². The average molecular weight is 225 g/mol. The minimum Gasteiger partial charge on any atom is -0.459 e. The smallest absolute Gasteiger partial charge is 0.287 e. The third-order valence-electron chi connectivity index (χ3n) is 1.63. The van der Waals surface area contributed by atoms with Crippen LogP contribution >= 0.6 is 12.2 Å². The van der Waals surface area contributed by atoms with E-state index in [-0.39, 0.29) is 23.0 Å². The lowest BCUT2D eigenvalue weighted by Gasteiger charge is -1.97. The number of aromatic nitrogens is 2. The lowest BCUT2D eigenvalue weighted by atomic mass is 10.4. The van der Waals surface area contributed by atoms with Crippen LogP contribution in [0.4, 0.5) is 0 Å². The van der Waals surface area contributed by atoms with Crippen molar-refractivity contribution in [1.82, 2.24) is 15.5 Å². The van der Waals surface area contributed by atoms with E-state index in [2.05, 4.69) is 27.7 Å². The highest BCUT2D eigenvalue weighted by Crippen LogP contribution is 2.00. The first-order valence-electron chi connectivity index (χ1n) is 4.12. The van der Waals surface area contributed by atoms with Crippen LogP contribution in [-0.4, -0.2) is 16.1 Å². The first kappa shape index (κ1) is 9.66. The number of H-pyrrole nitrogens is 1. The van der Waals surface area contributed by atoms with Crippen molar-refractivity contribution in [3.8, 4) is 0 Å². The molecule has 7 heteroatoms. The normalized spacial score (nSPS) is 10.1. The number of rotatable bonds is 3. The summed E-state index contributed by atoms with van der Waals surface area (Å²) < 4.78 is 9.85. The predicted molar refractivity (Wildman–Crippen MR) is 51.6 cm³/mol. The van der Waals surface area contributed by atoms with Crippen LogP contribution in [0.3, 0.4) is 0 Å². The fourth-order valence-electron chi connectivity index (χ4n) is 0.987. The Hall–Kier alpha value is -1.89. The minimum absolute atomic E-state index is 0.159. The molecule has 2 aromatic heterocycles. The Kier molecular flexibility index (Phi) is 2.64. The maximum absolute atomic E-state index is 11.4. The number of nitrogens with one attached hydrogen (secondary N) is 2. The van der Waals surface area contributed by atoms with Crippen LogP contribution in [0.2, 0.25) is 0 Å². The molecule has 2 rings (SSSR count). The third kappa shape index (κ3) is 2.32. The number of amides is 1. The fourth-order valence-corrected chi connectivity index (χ4v) is 1.13. The van der Waals surface area contributed by atoms with E-state index >= 15 is 0 Å². The summed E-state index contributed by atoms with van der Waals surface area (Å²) in [5.74, 6) is 0.230. The molecule has 0 aliphatic rings. The molecule has 0 aliphatic heterocycles. The summed E-state index contributed by atoms with van der Waals surface area (Å²) in [7, 11) is 0. The highest BCUT2D eigenvalue weighted by atomic mass is 32.1. The zero-order valence-corrected chi connectivity index (χ0v) is 8.34. The second-order valence-electron chi connectivity index (χ2n) is 2.67. The van der Waals surface area contributed by atoms with E-state index in [1.54, 1.807) is 12.1 Å². The standard InChI is InChI=1S/C8H7N3O3S/c12-7(5-2-1-3-13-5)9-4-6-10-11-8(15)14-6/h1-3H,4H2,(H,9,12)(H,11,15). The van der Waals surface area contributed by atoms with Crippen LogP contribution in [0.1, 0.15) is 16.4 Å². The minimum atomic E-state index is -0.330. The van der Waals surface area contributed by atoms with Gasteiger partial charge in [0.05, 0.1) is 12.8 Å². The maximum atomic E-state index is 11.4. The number of hydrogen-bond donors (Lipinski definition) is 2. The summed E-state index contributed by atoms with van der Waals surface area (Å²) in [4.78, 5) is 11.6. The van der Waals surface area contributed by atoms with E-state index < -0.39 is 0 Å². The van der Waals surface area contributed by atoms with Crippen molar-refractivity contribution in [2.75, 3.05) is 0 Å². The van der Waals surface area contributed by atoms with Crippen LogP contribution in [0.25, 0.3) is 0 Å². The monoisotopic (exact) mass is 225 g/mol. The number of carbonyl (C=O) groups is 1. The topological polar surface area (TPSA) is 84.1 Å². The van der Waals surface area contributed by atoms with Crippen molar-refractivity contribution in [2.24, 2.45) is 0 Å². The van der Waals surface area contributed by atoms with Crippen molar-refractivity contribution in [3.05, 3.63) is 34.9 Å². The van der Waals surface area contributed by atoms with Crippen LogP contribution in [0, 0.1) is 4.84 Å². The van der Waals surface area contributed by atoms with Gasteiger partial charge in [-0.05, 0) is 24.4 Å². The first-order valence-corrected chi connectivity index (χ1v) is 4.52. The molecular formula is C8H7N3O3S. The molecule has 2 aromatic rings. The average Bonchev–Trinajstić information content (AvgIpc) is 2.84. The van der Waals surface area contributed by atoms with Gasteiger partial charge in [-0.1, -0.05) is 0 Å². The van der Waals surface area contributed by atoms with Crippen molar-refractivity contribution in [3.63, 3.8) is 0 Å². The summed E-state index contributed by atoms with van der Waals surface area (Å²) in [6.07, 6.45) is 1.43. The molecule has 0 atom stereocenters. The molecule has 15 heavy (non-hydrogen) atoms. The largest absolute Gasteiger partial charge is 0.459 e. The van der Waals surface area contributed by atoms with Gasteiger partial charge in [0.15, 0.2) is 5.76 Å². The van der Waals surface area contributed by atoms with Crippen LogP contribution in [0.15, 0.2) is 27.2 Å². The molecule has 78 valence electrons. The lowest BCUT2D eigenvalue weighted by Crippen LogP contribution is -2.22. The number of hydrogen-bond acceptors (Lipinski definition) is 5. The summed E-state index contributed by atoms with van der Waals surface area (Å²) in [5, 5.41) is 8.74. The molecule has 0 saturated heterocycles. The van der Waals surface area contributed by atoms with Gasteiger partial charge >= 0.3 is 0 Å². The molecule has 0 aromatic carbocycles. The first-order chi connectivity index (χ1) is 7.25. The molecule has 0 unspecified atom stereocenters. The molecular weight excluding hydrogens is 218 g/mol. The van der Waals surface area contributed by atoms with Crippen LogP contribution < -0.4 is 5.32 Å². The molecule has 0 fully saturated rings. The quantitative estimate of drug-likeness (QED) is 0.768. The molecule has 6 nitrogen and oxygen atoms in total. The number of nitrogens with zero attached hydrogens (tertiary/aromatic N) is 1. The van der Waals surface area contributed by atoms with Gasteiger partial charge in [-0.2, -0.15) is 0 Å². The van der Waals surface area contributed by atoms with Crippen LogP contribution in [0.5, 0.6) is 0 Å². The second kappa shape index (κ2) is 4.09. The van der Waals surface area contributed by atoms with Gasteiger partial charge in [-0.3, -0.25) is 4.79 Å². The molecule has 0 bridgehead atoms. The van der Waals surface area contributed by atoms with Gasteiger partial charge in [0.25, 0.3) is 10.7 Å². The van der Waals surface area contributed by atoms with E-state index in [9.17, 15) is 4.79 Å². The maximum Gasteiger partial charge on any atom is 0.287 e. The molecule has 0 aliphatic carbocycles. The summed E-state index contributed by atoms with van der Waals surface area (Å²) in [6, 6.07) is 3.20. The zero-order chi connectivity index (χ0) is 10.7.